The van der Waals surface area contributed by atoms with Crippen molar-refractivity contribution in [3.8, 4) is 6.07 Å². The first-order chi connectivity index (χ1) is 13.3. The van der Waals surface area contributed by atoms with Crippen LogP contribution in [0.4, 0.5) is 5.82 Å². The number of hydrogen-bond acceptors (Lipinski definition) is 6. The van der Waals surface area contributed by atoms with E-state index in [2.05, 4.69) is 11.8 Å². The van der Waals surface area contributed by atoms with E-state index in [1.165, 1.54) is 18.0 Å². The van der Waals surface area contributed by atoms with Gasteiger partial charge in [-0.3, -0.25) is 23.6 Å². The Labute approximate surface area is 164 Å². The van der Waals surface area contributed by atoms with Crippen molar-refractivity contribution in [3.63, 3.8) is 0 Å². The fourth-order valence-corrected chi connectivity index (χ4v) is 4.17. The summed E-state index contributed by atoms with van der Waals surface area (Å²) < 4.78 is 2.31. The second-order valence-electron chi connectivity index (χ2n) is 7.71. The van der Waals surface area contributed by atoms with Gasteiger partial charge in [-0.05, 0) is 26.2 Å². The van der Waals surface area contributed by atoms with Crippen molar-refractivity contribution >= 4 is 11.7 Å². The fourth-order valence-electron chi connectivity index (χ4n) is 4.17. The molecule has 152 valence electrons. The molecule has 0 saturated carbocycles. The van der Waals surface area contributed by atoms with Gasteiger partial charge in [0.05, 0.1) is 6.54 Å². The minimum Gasteiger partial charge on any atom is -0.354 e. The lowest BCUT2D eigenvalue weighted by Crippen LogP contribution is -2.53. The van der Waals surface area contributed by atoms with E-state index in [9.17, 15) is 19.6 Å². The molecule has 2 aliphatic heterocycles. The minimum absolute atomic E-state index is 0.0173. The third-order valence-corrected chi connectivity index (χ3v) is 5.90. The van der Waals surface area contributed by atoms with Gasteiger partial charge in [0.25, 0.3) is 5.56 Å². The zero-order chi connectivity index (χ0) is 20.4. The summed E-state index contributed by atoms with van der Waals surface area (Å²) in [5.41, 5.74) is -1.04. The number of carbonyl (C=O) groups is 1. The van der Waals surface area contributed by atoms with Gasteiger partial charge in [0.15, 0.2) is 5.56 Å². The van der Waals surface area contributed by atoms with Gasteiger partial charge in [-0.2, -0.15) is 5.26 Å². The Morgan fingerprint density at radius 2 is 1.75 bits per heavy atom. The van der Waals surface area contributed by atoms with Gasteiger partial charge in [0.2, 0.25) is 5.91 Å². The maximum atomic E-state index is 12.6. The van der Waals surface area contributed by atoms with Gasteiger partial charge in [-0.1, -0.05) is 0 Å². The molecule has 0 radical (unpaired) electrons. The Morgan fingerprint density at radius 1 is 1.07 bits per heavy atom. The van der Waals surface area contributed by atoms with Crippen molar-refractivity contribution in [3.05, 3.63) is 26.4 Å². The first-order valence-corrected chi connectivity index (χ1v) is 9.82. The molecule has 0 spiro atoms. The Balaban J connectivity index is 1.70. The highest BCUT2D eigenvalue weighted by Gasteiger charge is 2.28. The van der Waals surface area contributed by atoms with Crippen molar-refractivity contribution in [2.75, 3.05) is 44.2 Å². The Hall–Kier alpha value is -2.60. The highest BCUT2D eigenvalue weighted by Crippen LogP contribution is 2.19. The zero-order valence-electron chi connectivity index (χ0n) is 16.8. The summed E-state index contributed by atoms with van der Waals surface area (Å²) >= 11 is 0. The van der Waals surface area contributed by atoms with E-state index in [1.54, 1.807) is 7.05 Å². The summed E-state index contributed by atoms with van der Waals surface area (Å²) in [5.74, 6) is 0.533. The first-order valence-electron chi connectivity index (χ1n) is 9.82. The molecule has 9 heteroatoms. The van der Waals surface area contributed by atoms with Crippen LogP contribution >= 0.6 is 0 Å². The second kappa shape index (κ2) is 8.19. The molecule has 9 nitrogen and oxygen atoms in total. The van der Waals surface area contributed by atoms with Crippen LogP contribution in [0, 0.1) is 11.3 Å². The van der Waals surface area contributed by atoms with Crippen LogP contribution in [0.25, 0.3) is 0 Å². The standard InChI is InChI=1S/C19H28N6O3/c1-14-6-4-5-7-25(14)16(26)13-23-8-10-24(11-9-23)17-15(12-20)18(27)22(3)19(28)21(17)2/h14H,4-11,13H2,1-3H3. The summed E-state index contributed by atoms with van der Waals surface area (Å²) in [6, 6.07) is 2.25. The van der Waals surface area contributed by atoms with Crippen LogP contribution in [0.3, 0.4) is 0 Å². The number of amides is 1. The van der Waals surface area contributed by atoms with E-state index >= 15 is 0 Å². The Kier molecular flexibility index (Phi) is 5.89. The van der Waals surface area contributed by atoms with Crippen LogP contribution in [0.1, 0.15) is 31.7 Å². The van der Waals surface area contributed by atoms with Crippen molar-refractivity contribution in [1.82, 2.24) is 18.9 Å². The summed E-state index contributed by atoms with van der Waals surface area (Å²) in [4.78, 5) is 43.2. The molecule has 1 unspecified atom stereocenters. The van der Waals surface area contributed by atoms with E-state index in [0.717, 1.165) is 24.0 Å². The number of nitriles is 1. The number of hydrogen-bond donors (Lipinski definition) is 0. The third-order valence-electron chi connectivity index (χ3n) is 5.90. The van der Waals surface area contributed by atoms with Crippen LogP contribution < -0.4 is 16.1 Å². The maximum absolute atomic E-state index is 12.6. The molecule has 2 saturated heterocycles. The lowest BCUT2D eigenvalue weighted by molar-refractivity contribution is -0.135. The molecule has 0 bridgehead atoms. The molecule has 0 N–H and O–H groups in total. The third kappa shape index (κ3) is 3.69. The van der Waals surface area contributed by atoms with Crippen molar-refractivity contribution in [2.24, 2.45) is 14.1 Å². The van der Waals surface area contributed by atoms with E-state index < -0.39 is 11.2 Å². The highest BCUT2D eigenvalue weighted by molar-refractivity contribution is 5.78. The summed E-state index contributed by atoms with van der Waals surface area (Å²) in [6.07, 6.45) is 3.31. The molecule has 28 heavy (non-hydrogen) atoms. The van der Waals surface area contributed by atoms with Crippen LogP contribution in [-0.4, -0.2) is 70.2 Å². The van der Waals surface area contributed by atoms with Gasteiger partial charge < -0.3 is 9.80 Å². The highest BCUT2D eigenvalue weighted by atomic mass is 16.2. The van der Waals surface area contributed by atoms with Gasteiger partial charge in [0, 0.05) is 52.9 Å². The van der Waals surface area contributed by atoms with Gasteiger partial charge >= 0.3 is 5.69 Å². The maximum Gasteiger partial charge on any atom is 0.332 e. The molecule has 1 atom stereocenters. The summed E-state index contributed by atoms with van der Waals surface area (Å²) in [6.45, 7) is 5.72. The molecule has 3 rings (SSSR count). The van der Waals surface area contributed by atoms with Crippen molar-refractivity contribution in [1.29, 1.82) is 5.26 Å². The van der Waals surface area contributed by atoms with Crippen molar-refractivity contribution < 1.29 is 4.79 Å². The molecule has 1 aromatic heterocycles. The fraction of sp³-hybridized carbons (Fsp3) is 0.684. The Morgan fingerprint density at radius 3 is 2.36 bits per heavy atom. The normalized spacial score (nSPS) is 20.9. The van der Waals surface area contributed by atoms with Gasteiger partial charge in [-0.15, -0.1) is 0 Å². The smallest absolute Gasteiger partial charge is 0.332 e. The quantitative estimate of drug-likeness (QED) is 0.692. The van der Waals surface area contributed by atoms with E-state index in [-0.39, 0.29) is 11.5 Å². The molecule has 3 heterocycles. The van der Waals surface area contributed by atoms with Crippen LogP contribution in [0.2, 0.25) is 0 Å². The van der Waals surface area contributed by atoms with Gasteiger partial charge in [0.1, 0.15) is 11.9 Å². The lowest BCUT2D eigenvalue weighted by atomic mass is 10.0. The number of likely N-dealkylation sites (tertiary alicyclic amines) is 1. The Bertz CT molecular complexity index is 904. The SMILES string of the molecule is CC1CCCCN1C(=O)CN1CCN(c2c(C#N)c(=O)n(C)c(=O)n2C)CC1. The van der Waals surface area contributed by atoms with E-state index in [0.29, 0.717) is 44.6 Å². The minimum atomic E-state index is -0.572. The van der Waals surface area contributed by atoms with Crippen molar-refractivity contribution in [2.45, 2.75) is 32.2 Å². The number of aromatic nitrogens is 2. The molecule has 2 aliphatic rings. The molecule has 0 aliphatic carbocycles. The molecule has 1 amide bonds. The zero-order valence-corrected chi connectivity index (χ0v) is 16.8. The second-order valence-corrected chi connectivity index (χ2v) is 7.71. The predicted octanol–water partition coefficient (Wildman–Crippen LogP) is -0.521. The topological polar surface area (TPSA) is 94.6 Å². The van der Waals surface area contributed by atoms with Gasteiger partial charge in [-0.25, -0.2) is 4.79 Å². The molecular formula is C19H28N6O3. The molecule has 1 aromatic rings. The number of piperidine rings is 1. The molecule has 2 fully saturated rings. The number of anilines is 1. The lowest BCUT2D eigenvalue weighted by Gasteiger charge is -2.39. The average Bonchev–Trinajstić information content (AvgIpc) is 2.70. The van der Waals surface area contributed by atoms with Crippen LogP contribution in [-0.2, 0) is 18.9 Å². The summed E-state index contributed by atoms with van der Waals surface area (Å²) in [5, 5.41) is 9.44. The van der Waals surface area contributed by atoms with Crippen LogP contribution in [0.15, 0.2) is 9.59 Å². The monoisotopic (exact) mass is 388 g/mol. The number of piperazine rings is 1. The number of carbonyl (C=O) groups excluding carboxylic acids is 1. The van der Waals surface area contributed by atoms with E-state index in [4.69, 9.17) is 0 Å². The molecular weight excluding hydrogens is 360 g/mol. The number of nitrogens with zero attached hydrogens (tertiary/aromatic N) is 6. The number of rotatable bonds is 3. The largest absolute Gasteiger partial charge is 0.354 e. The molecule has 0 aromatic carbocycles. The predicted molar refractivity (Wildman–Crippen MR) is 105 cm³/mol. The van der Waals surface area contributed by atoms with Crippen LogP contribution in [0.5, 0.6) is 0 Å². The van der Waals surface area contributed by atoms with E-state index in [1.807, 2.05) is 15.9 Å². The average molecular weight is 388 g/mol. The first kappa shape index (κ1) is 20.1. The summed E-state index contributed by atoms with van der Waals surface area (Å²) in [7, 11) is 2.95.